The largest absolute Gasteiger partial charge is 0.511 e. The molecule has 0 atom stereocenters. The summed E-state index contributed by atoms with van der Waals surface area (Å²) >= 11 is 0. The van der Waals surface area contributed by atoms with E-state index in [2.05, 4.69) is 5.32 Å². The molecule has 21 heavy (non-hydrogen) atoms. The second-order valence-electron chi connectivity index (χ2n) is 5.41. The van der Waals surface area contributed by atoms with Crippen molar-refractivity contribution in [1.82, 2.24) is 5.32 Å². The van der Waals surface area contributed by atoms with Gasteiger partial charge >= 0.3 is 0 Å². The summed E-state index contributed by atoms with van der Waals surface area (Å²) in [6, 6.07) is 11.3. The monoisotopic (exact) mass is 288 g/mol. The molecule has 0 aliphatic carbocycles. The van der Waals surface area contributed by atoms with Crippen LogP contribution in [0.2, 0.25) is 0 Å². The van der Waals surface area contributed by atoms with E-state index >= 15 is 0 Å². The molecule has 0 spiro atoms. The van der Waals surface area contributed by atoms with Gasteiger partial charge in [0.2, 0.25) is 0 Å². The molecule has 0 saturated carbocycles. The van der Waals surface area contributed by atoms with Crippen LogP contribution in [0.4, 0.5) is 0 Å². The average Bonchev–Trinajstić information content (AvgIpc) is 2.38. The highest BCUT2D eigenvalue weighted by Crippen LogP contribution is 2.16. The normalized spacial score (nSPS) is 12.3. The number of nitrogens with zero attached hydrogens (tertiary/aromatic N) is 1. The number of amides is 1. The number of hydrogen-bond acceptors (Lipinski definition) is 4. The van der Waals surface area contributed by atoms with Crippen molar-refractivity contribution in [2.24, 2.45) is 0 Å². The van der Waals surface area contributed by atoms with Gasteiger partial charge in [-0.1, -0.05) is 30.3 Å². The van der Waals surface area contributed by atoms with Crippen LogP contribution in [0, 0.1) is 11.3 Å². The first-order valence-electron chi connectivity index (χ1n) is 6.70. The van der Waals surface area contributed by atoms with Crippen molar-refractivity contribution in [3.63, 3.8) is 0 Å². The van der Waals surface area contributed by atoms with Crippen LogP contribution in [0.15, 0.2) is 41.7 Å². The number of carbonyl (C=O) groups excluding carboxylic acids is 1. The van der Waals surface area contributed by atoms with Gasteiger partial charge in [0.1, 0.15) is 11.8 Å². The first kappa shape index (κ1) is 16.7. The fourth-order valence-corrected chi connectivity index (χ4v) is 1.80. The van der Waals surface area contributed by atoms with E-state index < -0.39 is 17.3 Å². The third kappa shape index (κ3) is 6.11. The highest BCUT2D eigenvalue weighted by molar-refractivity contribution is 5.97. The number of carbonyl (C=O) groups is 1. The highest BCUT2D eigenvalue weighted by atomic mass is 16.3. The van der Waals surface area contributed by atoms with Gasteiger partial charge in [0.15, 0.2) is 5.57 Å². The second-order valence-corrected chi connectivity index (χ2v) is 5.41. The molecule has 0 aliphatic heterocycles. The predicted octanol–water partition coefficient (Wildman–Crippen LogP) is 1.84. The Morgan fingerprint density at radius 3 is 2.48 bits per heavy atom. The van der Waals surface area contributed by atoms with Crippen molar-refractivity contribution in [3.05, 3.63) is 47.2 Å². The zero-order chi connectivity index (χ0) is 15.9. The molecule has 1 aromatic rings. The molecule has 0 saturated heterocycles. The maximum Gasteiger partial charge on any atom is 0.265 e. The number of nitriles is 1. The summed E-state index contributed by atoms with van der Waals surface area (Å²) < 4.78 is 0. The maximum atomic E-state index is 11.9. The highest BCUT2D eigenvalue weighted by Gasteiger charge is 2.21. The van der Waals surface area contributed by atoms with E-state index in [1.807, 2.05) is 30.3 Å². The predicted molar refractivity (Wildman–Crippen MR) is 79.3 cm³/mol. The van der Waals surface area contributed by atoms with Gasteiger partial charge in [-0.15, -0.1) is 0 Å². The molecule has 5 heteroatoms. The molecule has 0 aliphatic rings. The van der Waals surface area contributed by atoms with Crippen LogP contribution in [-0.2, 0) is 11.2 Å². The molecule has 5 nitrogen and oxygen atoms in total. The number of benzene rings is 1. The average molecular weight is 288 g/mol. The summed E-state index contributed by atoms with van der Waals surface area (Å²) in [6.45, 7) is 3.35. The minimum absolute atomic E-state index is 0.151. The number of hydrogen-bond donors (Lipinski definition) is 3. The van der Waals surface area contributed by atoms with E-state index in [0.717, 1.165) is 5.56 Å². The molecule has 0 fully saturated rings. The standard InChI is InChI=1S/C16H20N2O3/c1-16(2,21)10-14(19)13(11-17)15(20)18-9-8-12-6-4-3-5-7-12/h3-7,19,21H,8-10H2,1-2H3,(H,18,20)/b14-13-. The van der Waals surface area contributed by atoms with E-state index in [-0.39, 0.29) is 12.0 Å². The molecule has 0 heterocycles. The summed E-state index contributed by atoms with van der Waals surface area (Å²) in [5.74, 6) is -1.03. The molecule has 1 amide bonds. The number of rotatable bonds is 6. The SMILES string of the molecule is CC(C)(O)C/C(O)=C(\C#N)C(=O)NCCc1ccccc1. The zero-order valence-electron chi connectivity index (χ0n) is 12.3. The lowest BCUT2D eigenvalue weighted by Gasteiger charge is -2.16. The molecule has 0 unspecified atom stereocenters. The van der Waals surface area contributed by atoms with Gasteiger partial charge in [-0.25, -0.2) is 0 Å². The van der Waals surface area contributed by atoms with Gasteiger partial charge in [0, 0.05) is 13.0 Å². The van der Waals surface area contributed by atoms with E-state index in [9.17, 15) is 15.0 Å². The van der Waals surface area contributed by atoms with Crippen LogP contribution >= 0.6 is 0 Å². The zero-order valence-corrected chi connectivity index (χ0v) is 12.3. The molecule has 1 aromatic carbocycles. The van der Waals surface area contributed by atoms with Gasteiger partial charge < -0.3 is 15.5 Å². The van der Waals surface area contributed by atoms with Crippen molar-refractivity contribution in [2.45, 2.75) is 32.3 Å². The minimum atomic E-state index is -1.18. The number of aliphatic hydroxyl groups is 2. The van der Waals surface area contributed by atoms with Crippen LogP contribution in [0.3, 0.4) is 0 Å². The number of aliphatic hydroxyl groups excluding tert-OH is 1. The Balaban J connectivity index is 2.60. The Kier molecular flexibility index (Phi) is 5.94. The van der Waals surface area contributed by atoms with Gasteiger partial charge in [-0.2, -0.15) is 5.26 Å². The van der Waals surface area contributed by atoms with E-state index in [1.165, 1.54) is 13.8 Å². The first-order chi connectivity index (χ1) is 9.83. The third-order valence-corrected chi connectivity index (χ3v) is 2.77. The molecule has 0 aromatic heterocycles. The summed E-state index contributed by atoms with van der Waals surface area (Å²) in [7, 11) is 0. The van der Waals surface area contributed by atoms with Crippen molar-refractivity contribution in [3.8, 4) is 6.07 Å². The lowest BCUT2D eigenvalue weighted by Crippen LogP contribution is -2.29. The second kappa shape index (κ2) is 7.46. The molecule has 0 bridgehead atoms. The smallest absolute Gasteiger partial charge is 0.265 e. The maximum absolute atomic E-state index is 11.9. The molecule has 112 valence electrons. The van der Waals surface area contributed by atoms with Crippen LogP contribution in [0.1, 0.15) is 25.8 Å². The Bertz CT molecular complexity index is 551. The first-order valence-corrected chi connectivity index (χ1v) is 6.70. The lowest BCUT2D eigenvalue weighted by atomic mass is 10.0. The summed E-state index contributed by atoms with van der Waals surface area (Å²) in [6.07, 6.45) is 0.486. The van der Waals surface area contributed by atoms with Crippen LogP contribution < -0.4 is 5.32 Å². The summed E-state index contributed by atoms with van der Waals surface area (Å²) in [5, 5.41) is 30.9. The molecule has 0 radical (unpaired) electrons. The van der Waals surface area contributed by atoms with E-state index in [4.69, 9.17) is 5.26 Å². The lowest BCUT2D eigenvalue weighted by molar-refractivity contribution is -0.117. The van der Waals surface area contributed by atoms with Crippen molar-refractivity contribution < 1.29 is 15.0 Å². The van der Waals surface area contributed by atoms with Crippen molar-refractivity contribution in [1.29, 1.82) is 5.26 Å². The fraction of sp³-hybridized carbons (Fsp3) is 0.375. The van der Waals surface area contributed by atoms with Gasteiger partial charge in [0.25, 0.3) is 5.91 Å². The molecule has 1 rings (SSSR count). The summed E-state index contributed by atoms with van der Waals surface area (Å²) in [5.41, 5.74) is -0.470. The number of nitrogens with one attached hydrogen (secondary N) is 1. The van der Waals surface area contributed by atoms with Crippen molar-refractivity contribution in [2.75, 3.05) is 6.54 Å². The van der Waals surface area contributed by atoms with Gasteiger partial charge in [-0.05, 0) is 25.8 Å². The van der Waals surface area contributed by atoms with E-state index in [0.29, 0.717) is 13.0 Å². The Morgan fingerprint density at radius 2 is 1.95 bits per heavy atom. The Hall–Kier alpha value is -2.32. The quantitative estimate of drug-likeness (QED) is 0.423. The third-order valence-electron chi connectivity index (χ3n) is 2.77. The minimum Gasteiger partial charge on any atom is -0.511 e. The van der Waals surface area contributed by atoms with Crippen LogP contribution in [-0.4, -0.2) is 28.3 Å². The van der Waals surface area contributed by atoms with Crippen LogP contribution in [0.25, 0.3) is 0 Å². The Labute approximate surface area is 124 Å². The molecule has 3 N–H and O–H groups in total. The van der Waals surface area contributed by atoms with Crippen molar-refractivity contribution >= 4 is 5.91 Å². The summed E-state index contributed by atoms with van der Waals surface area (Å²) in [4.78, 5) is 11.9. The molecular weight excluding hydrogens is 268 g/mol. The topological polar surface area (TPSA) is 93.3 Å². The fourth-order valence-electron chi connectivity index (χ4n) is 1.80. The van der Waals surface area contributed by atoms with Gasteiger partial charge in [0.05, 0.1) is 5.60 Å². The van der Waals surface area contributed by atoms with E-state index in [1.54, 1.807) is 6.07 Å². The molecular formula is C16H20N2O3. The van der Waals surface area contributed by atoms with Gasteiger partial charge in [-0.3, -0.25) is 4.79 Å². The Morgan fingerprint density at radius 1 is 1.33 bits per heavy atom. The van der Waals surface area contributed by atoms with Crippen LogP contribution in [0.5, 0.6) is 0 Å².